The number of carboxylic acid groups (broad SMARTS) is 1. The van der Waals surface area contributed by atoms with Crippen molar-refractivity contribution in [2.24, 2.45) is 0 Å². The zero-order valence-corrected chi connectivity index (χ0v) is 16.0. The van der Waals surface area contributed by atoms with E-state index in [0.717, 1.165) is 11.3 Å². The van der Waals surface area contributed by atoms with E-state index < -0.39 is 5.97 Å². The summed E-state index contributed by atoms with van der Waals surface area (Å²) in [7, 11) is 1.61. The molecule has 0 aliphatic carbocycles. The summed E-state index contributed by atoms with van der Waals surface area (Å²) in [5.74, 6) is 0.0773. The minimum absolute atomic E-state index is 0.131. The van der Waals surface area contributed by atoms with Gasteiger partial charge in [-0.1, -0.05) is 32.9 Å². The van der Waals surface area contributed by atoms with Gasteiger partial charge in [0.2, 0.25) is 0 Å². The van der Waals surface area contributed by atoms with Crippen LogP contribution in [0.2, 0.25) is 0 Å². The van der Waals surface area contributed by atoms with Crippen LogP contribution in [0.1, 0.15) is 42.3 Å². The van der Waals surface area contributed by atoms with E-state index in [2.05, 4.69) is 26.1 Å². The van der Waals surface area contributed by atoms with E-state index in [1.165, 1.54) is 12.1 Å². The minimum Gasteiger partial charge on any atom is -0.497 e. The molecule has 1 amide bonds. The van der Waals surface area contributed by atoms with Crippen molar-refractivity contribution in [3.63, 3.8) is 0 Å². The van der Waals surface area contributed by atoms with Gasteiger partial charge in [-0.3, -0.25) is 4.79 Å². The van der Waals surface area contributed by atoms with Gasteiger partial charge in [-0.25, -0.2) is 4.79 Å². The molecule has 6 nitrogen and oxygen atoms in total. The maximum Gasteiger partial charge on any atom is 0.335 e. The summed E-state index contributed by atoms with van der Waals surface area (Å²) >= 11 is 0. The summed E-state index contributed by atoms with van der Waals surface area (Å²) in [5.41, 5.74) is 1.68. The van der Waals surface area contributed by atoms with Gasteiger partial charge in [0.25, 0.3) is 5.91 Å². The first kappa shape index (κ1) is 20.3. The van der Waals surface area contributed by atoms with Crippen molar-refractivity contribution in [1.82, 2.24) is 5.32 Å². The number of nitrogens with one attached hydrogen (secondary N) is 1. The highest BCUT2D eigenvalue weighted by molar-refractivity contribution is 5.87. The lowest BCUT2D eigenvalue weighted by molar-refractivity contribution is -0.123. The van der Waals surface area contributed by atoms with Gasteiger partial charge in [0.05, 0.1) is 12.7 Å². The number of rotatable bonds is 7. The number of methoxy groups -OCH3 is 1. The normalized spacial score (nSPS) is 11.0. The topological polar surface area (TPSA) is 84.9 Å². The van der Waals surface area contributed by atoms with Crippen LogP contribution in [0.25, 0.3) is 0 Å². The summed E-state index contributed by atoms with van der Waals surface area (Å²) in [6.07, 6.45) is 0. The Kier molecular flexibility index (Phi) is 6.45. The Morgan fingerprint density at radius 3 is 2.48 bits per heavy atom. The molecule has 0 spiro atoms. The van der Waals surface area contributed by atoms with Gasteiger partial charge in [0.15, 0.2) is 6.61 Å². The van der Waals surface area contributed by atoms with Gasteiger partial charge < -0.3 is 19.9 Å². The van der Waals surface area contributed by atoms with Crippen molar-refractivity contribution in [3.05, 3.63) is 59.2 Å². The van der Waals surface area contributed by atoms with E-state index in [1.54, 1.807) is 31.4 Å². The van der Waals surface area contributed by atoms with Crippen molar-refractivity contribution >= 4 is 11.9 Å². The Hall–Kier alpha value is -3.02. The number of ether oxygens (including phenoxy) is 2. The standard InChI is InChI=1S/C21H25NO5/c1-21(2,3)17-11-16(26-4)8-9-18(17)27-13-19(23)22-12-14-6-5-7-15(10-14)20(24)25/h5-11H,12-13H2,1-4H3,(H,22,23)(H,24,25). The van der Waals surface area contributed by atoms with Gasteiger partial charge >= 0.3 is 5.97 Å². The molecule has 2 aromatic rings. The van der Waals surface area contributed by atoms with Crippen LogP contribution in [0.15, 0.2) is 42.5 Å². The number of benzene rings is 2. The fourth-order valence-electron chi connectivity index (χ4n) is 2.56. The lowest BCUT2D eigenvalue weighted by Gasteiger charge is -2.23. The quantitative estimate of drug-likeness (QED) is 0.779. The van der Waals surface area contributed by atoms with Crippen LogP contribution in [-0.4, -0.2) is 30.7 Å². The first-order valence-corrected chi connectivity index (χ1v) is 8.61. The van der Waals surface area contributed by atoms with E-state index in [0.29, 0.717) is 11.3 Å². The third-order valence-corrected chi connectivity index (χ3v) is 4.02. The second kappa shape index (κ2) is 8.58. The first-order chi connectivity index (χ1) is 12.7. The zero-order valence-electron chi connectivity index (χ0n) is 16.0. The molecule has 0 saturated carbocycles. The molecule has 0 atom stereocenters. The molecule has 0 aliphatic rings. The van der Waals surface area contributed by atoms with Crippen LogP contribution in [0.5, 0.6) is 11.5 Å². The molecular formula is C21H25NO5. The van der Waals surface area contributed by atoms with Crippen LogP contribution in [0, 0.1) is 0 Å². The number of hydrogen-bond acceptors (Lipinski definition) is 4. The third-order valence-electron chi connectivity index (χ3n) is 4.02. The molecule has 0 aromatic heterocycles. The Labute approximate surface area is 159 Å². The fourth-order valence-corrected chi connectivity index (χ4v) is 2.56. The molecule has 0 heterocycles. The number of amides is 1. The average Bonchev–Trinajstić information content (AvgIpc) is 2.64. The Balaban J connectivity index is 1.98. The highest BCUT2D eigenvalue weighted by Crippen LogP contribution is 2.34. The molecule has 0 radical (unpaired) electrons. The Morgan fingerprint density at radius 1 is 1.11 bits per heavy atom. The summed E-state index contributed by atoms with van der Waals surface area (Å²) in [6, 6.07) is 11.9. The number of carbonyl (C=O) groups is 2. The lowest BCUT2D eigenvalue weighted by Crippen LogP contribution is -2.29. The van der Waals surface area contributed by atoms with E-state index in [-0.39, 0.29) is 30.0 Å². The predicted molar refractivity (Wildman–Crippen MR) is 102 cm³/mol. The van der Waals surface area contributed by atoms with Crippen molar-refractivity contribution in [1.29, 1.82) is 0 Å². The average molecular weight is 371 g/mol. The summed E-state index contributed by atoms with van der Waals surface area (Å²) in [6.45, 7) is 6.28. The fraction of sp³-hybridized carbons (Fsp3) is 0.333. The molecule has 2 rings (SSSR count). The van der Waals surface area contributed by atoms with Crippen LogP contribution in [0.4, 0.5) is 0 Å². The molecule has 6 heteroatoms. The molecule has 0 unspecified atom stereocenters. The van der Waals surface area contributed by atoms with Gasteiger partial charge in [0, 0.05) is 12.1 Å². The second-order valence-corrected chi connectivity index (χ2v) is 7.18. The van der Waals surface area contributed by atoms with Crippen LogP contribution in [-0.2, 0) is 16.8 Å². The first-order valence-electron chi connectivity index (χ1n) is 8.61. The number of aromatic carboxylic acids is 1. The van der Waals surface area contributed by atoms with Crippen LogP contribution in [0.3, 0.4) is 0 Å². The smallest absolute Gasteiger partial charge is 0.335 e. The van der Waals surface area contributed by atoms with E-state index >= 15 is 0 Å². The highest BCUT2D eigenvalue weighted by atomic mass is 16.5. The maximum atomic E-state index is 12.1. The van der Waals surface area contributed by atoms with E-state index in [4.69, 9.17) is 14.6 Å². The van der Waals surface area contributed by atoms with Crippen LogP contribution >= 0.6 is 0 Å². The van der Waals surface area contributed by atoms with E-state index in [1.807, 2.05) is 6.07 Å². The van der Waals surface area contributed by atoms with Gasteiger partial charge in [-0.15, -0.1) is 0 Å². The molecule has 0 bridgehead atoms. The maximum absolute atomic E-state index is 12.1. The van der Waals surface area contributed by atoms with E-state index in [9.17, 15) is 9.59 Å². The molecular weight excluding hydrogens is 346 g/mol. The molecule has 2 aromatic carbocycles. The Morgan fingerprint density at radius 2 is 1.85 bits per heavy atom. The summed E-state index contributed by atoms with van der Waals surface area (Å²) in [5, 5.41) is 11.7. The highest BCUT2D eigenvalue weighted by Gasteiger charge is 2.20. The van der Waals surface area contributed by atoms with Gasteiger partial charge in [-0.2, -0.15) is 0 Å². The van der Waals surface area contributed by atoms with Crippen molar-refractivity contribution in [3.8, 4) is 11.5 Å². The molecule has 0 aliphatic heterocycles. The minimum atomic E-state index is -0.999. The van der Waals surface area contributed by atoms with Gasteiger partial charge in [0.1, 0.15) is 11.5 Å². The predicted octanol–water partition coefficient (Wildman–Crippen LogP) is 3.39. The van der Waals surface area contributed by atoms with Crippen molar-refractivity contribution in [2.45, 2.75) is 32.7 Å². The third kappa shape index (κ3) is 5.74. The molecule has 27 heavy (non-hydrogen) atoms. The largest absolute Gasteiger partial charge is 0.497 e. The molecule has 144 valence electrons. The summed E-state index contributed by atoms with van der Waals surface area (Å²) < 4.78 is 11.0. The second-order valence-electron chi connectivity index (χ2n) is 7.18. The number of hydrogen-bond donors (Lipinski definition) is 2. The number of carboxylic acids is 1. The summed E-state index contributed by atoms with van der Waals surface area (Å²) in [4.78, 5) is 23.1. The molecule has 0 saturated heterocycles. The Bertz CT molecular complexity index is 824. The van der Waals surface area contributed by atoms with Crippen molar-refractivity contribution in [2.75, 3.05) is 13.7 Å². The van der Waals surface area contributed by atoms with Gasteiger partial charge in [-0.05, 0) is 41.3 Å². The number of carbonyl (C=O) groups excluding carboxylic acids is 1. The van der Waals surface area contributed by atoms with Crippen LogP contribution < -0.4 is 14.8 Å². The zero-order chi connectivity index (χ0) is 20.0. The van der Waals surface area contributed by atoms with Crippen molar-refractivity contribution < 1.29 is 24.2 Å². The SMILES string of the molecule is COc1ccc(OCC(=O)NCc2cccc(C(=O)O)c2)c(C(C)(C)C)c1. The monoisotopic (exact) mass is 371 g/mol. The molecule has 0 fully saturated rings. The lowest BCUT2D eigenvalue weighted by atomic mass is 9.86. The molecule has 2 N–H and O–H groups in total.